The maximum absolute atomic E-state index is 12.9. The van der Waals surface area contributed by atoms with Gasteiger partial charge in [0.25, 0.3) is 7.82 Å². The van der Waals surface area contributed by atoms with Crippen LogP contribution in [0, 0.1) is 0 Å². The van der Waals surface area contributed by atoms with Gasteiger partial charge >= 0.3 is 11.9 Å². The van der Waals surface area contributed by atoms with E-state index in [1.165, 1.54) is 32.1 Å². The molecule has 88 heavy (non-hydrogen) atoms. The monoisotopic (exact) mass is 1230 g/mol. The van der Waals surface area contributed by atoms with Gasteiger partial charge in [-0.3, -0.25) is 14.2 Å². The number of carbonyl (C=O) groups is 2. The first kappa shape index (κ1) is 82.6. The molecule has 0 heterocycles. The van der Waals surface area contributed by atoms with Crippen LogP contribution in [-0.4, -0.2) is 70.0 Å². The summed E-state index contributed by atoms with van der Waals surface area (Å²) in [6.45, 7) is 3.92. The number of ether oxygens (including phenoxy) is 2. The number of unbranched alkanes of at least 4 members (excludes halogenated alkanes) is 11. The number of phosphoric acid groups is 1. The molecule has 0 N–H and O–H groups in total. The lowest BCUT2D eigenvalue weighted by atomic mass is 10.1. The van der Waals surface area contributed by atoms with E-state index in [1.807, 2.05) is 21.1 Å². The molecule has 0 aliphatic rings. The Bertz CT molecular complexity index is 2240. The third kappa shape index (κ3) is 69.7. The van der Waals surface area contributed by atoms with Gasteiger partial charge in [-0.1, -0.05) is 265 Å². The number of carbonyl (C=O) groups excluding carboxylic acids is 2. The van der Waals surface area contributed by atoms with Crippen LogP contribution in [0.4, 0.5) is 0 Å². The lowest BCUT2D eigenvalue weighted by molar-refractivity contribution is -0.870. The van der Waals surface area contributed by atoms with E-state index in [2.05, 4.69) is 220 Å². The fraction of sp³-hybridized carbons (Fsp3) is 0.538. The average Bonchev–Trinajstić information content (AvgIpc) is 3.68. The minimum Gasteiger partial charge on any atom is -0.756 e. The van der Waals surface area contributed by atoms with Crippen LogP contribution < -0.4 is 4.89 Å². The standard InChI is InChI=1S/C78H122NO8P/c1-6-8-10-12-14-16-18-20-22-24-26-28-30-32-34-35-36-37-38-39-40-41-42-43-45-47-49-51-53-55-57-59-61-63-65-67-69-71-78(81)87-76(75-86-88(82,83)85-73-72-79(3,4)5)74-84-77(80)70-68-66-64-62-60-58-56-54-52-50-48-46-44-33-31-29-27-25-23-21-19-17-15-13-11-9-7-2/h8-11,14-17,20-23,26-29,32-34,36-37,39-40,42-44,47-50,54,56,60,62,76H,6-7,12-13,18-19,24-25,30-31,35,38,41,45-46,51-53,55,57-59,61,63-75H2,1-5H3/b10-8-,11-9-,16-14-,17-15-,22-20-,23-21-,28-26-,29-27-,34-32-,37-36-,40-39-,43-42-,44-33-,49-47-,50-48-,56-54-,62-60-. The molecular formula is C78H122NO8P. The van der Waals surface area contributed by atoms with E-state index in [1.54, 1.807) is 0 Å². The van der Waals surface area contributed by atoms with Gasteiger partial charge in [-0.05, 0) is 148 Å². The molecule has 0 saturated carbocycles. The molecule has 492 valence electrons. The number of likely N-dealkylation sites (N-methyl/N-ethyl adjacent to an activating group) is 1. The van der Waals surface area contributed by atoms with Crippen molar-refractivity contribution in [3.05, 3.63) is 207 Å². The Morgan fingerprint density at radius 2 is 0.614 bits per heavy atom. The SMILES string of the molecule is CC/C=C\C/C=C\C/C=C\C/C=C\C/C=C\C/C=C\C/C=C\C/C=C\C/C=C\CCCCCCCCCCCC(=O)OC(COC(=O)CCCC/C=C\C/C=C\C/C=C\C/C=C\C/C=C\C/C=C\C/C=C\C/C=C\CC)COP(=O)([O-])OCC[N+](C)(C)C. The van der Waals surface area contributed by atoms with Gasteiger partial charge in [-0.15, -0.1) is 0 Å². The van der Waals surface area contributed by atoms with Crippen LogP contribution >= 0.6 is 7.82 Å². The van der Waals surface area contributed by atoms with Crippen LogP contribution in [0.25, 0.3) is 0 Å². The molecule has 0 fully saturated rings. The van der Waals surface area contributed by atoms with Crippen molar-refractivity contribution in [3.8, 4) is 0 Å². The molecule has 10 heteroatoms. The van der Waals surface area contributed by atoms with E-state index >= 15 is 0 Å². The highest BCUT2D eigenvalue weighted by molar-refractivity contribution is 7.45. The molecule has 2 unspecified atom stereocenters. The number of nitrogens with zero attached hydrogens (tertiary/aromatic N) is 1. The van der Waals surface area contributed by atoms with Crippen molar-refractivity contribution in [3.63, 3.8) is 0 Å². The third-order valence-electron chi connectivity index (χ3n) is 13.3. The molecule has 0 radical (unpaired) electrons. The van der Waals surface area contributed by atoms with Crippen LogP contribution in [0.2, 0.25) is 0 Å². The highest BCUT2D eigenvalue weighted by Crippen LogP contribution is 2.38. The van der Waals surface area contributed by atoms with Gasteiger partial charge in [0.2, 0.25) is 0 Å². The summed E-state index contributed by atoms with van der Waals surface area (Å²) in [6.07, 6.45) is 105. The van der Waals surface area contributed by atoms with Crippen LogP contribution in [0.1, 0.15) is 219 Å². The lowest BCUT2D eigenvalue weighted by Gasteiger charge is -2.28. The van der Waals surface area contributed by atoms with E-state index in [4.69, 9.17) is 18.5 Å². The van der Waals surface area contributed by atoms with E-state index in [-0.39, 0.29) is 26.1 Å². The summed E-state index contributed by atoms with van der Waals surface area (Å²) in [6, 6.07) is 0. The van der Waals surface area contributed by atoms with Crippen molar-refractivity contribution in [1.29, 1.82) is 0 Å². The second-order valence-electron chi connectivity index (χ2n) is 22.7. The second-order valence-corrected chi connectivity index (χ2v) is 24.1. The minimum absolute atomic E-state index is 0.0515. The Kier molecular flexibility index (Phi) is 62.0. The van der Waals surface area contributed by atoms with Crippen LogP contribution in [0.3, 0.4) is 0 Å². The summed E-state index contributed by atoms with van der Waals surface area (Å²) < 4.78 is 34.2. The normalized spacial score (nSPS) is 14.5. The van der Waals surface area contributed by atoms with E-state index < -0.39 is 32.5 Å². The number of allylic oxidation sites excluding steroid dienone is 34. The van der Waals surface area contributed by atoms with Crippen molar-refractivity contribution in [2.75, 3.05) is 47.5 Å². The smallest absolute Gasteiger partial charge is 0.306 e. The van der Waals surface area contributed by atoms with Crippen molar-refractivity contribution in [2.45, 2.75) is 225 Å². The topological polar surface area (TPSA) is 111 Å². The Hall–Kier alpha value is -5.41. The summed E-state index contributed by atoms with van der Waals surface area (Å²) in [4.78, 5) is 38.0. The number of hydrogen-bond acceptors (Lipinski definition) is 8. The van der Waals surface area contributed by atoms with Crippen molar-refractivity contribution < 1.29 is 42.1 Å². The maximum Gasteiger partial charge on any atom is 0.306 e. The highest BCUT2D eigenvalue weighted by atomic mass is 31.2. The molecule has 0 aromatic rings. The van der Waals surface area contributed by atoms with Gasteiger partial charge in [0.1, 0.15) is 19.8 Å². The third-order valence-corrected chi connectivity index (χ3v) is 14.3. The first-order chi connectivity index (χ1) is 43.0. The Morgan fingerprint density at radius 1 is 0.352 bits per heavy atom. The van der Waals surface area contributed by atoms with E-state index in [9.17, 15) is 19.0 Å². The van der Waals surface area contributed by atoms with Crippen LogP contribution in [-0.2, 0) is 32.7 Å². The number of rotatable bonds is 59. The molecule has 0 saturated heterocycles. The Balaban J connectivity index is 4.24. The van der Waals surface area contributed by atoms with Crippen molar-refractivity contribution in [2.24, 2.45) is 0 Å². The number of quaternary nitrogens is 1. The zero-order chi connectivity index (χ0) is 64.1. The summed E-state index contributed by atoms with van der Waals surface area (Å²) in [5, 5.41) is 0. The first-order valence-electron chi connectivity index (χ1n) is 33.8. The Morgan fingerprint density at radius 3 is 0.932 bits per heavy atom. The molecular weight excluding hydrogens is 1110 g/mol. The fourth-order valence-electron chi connectivity index (χ4n) is 8.19. The molecule has 0 spiro atoms. The van der Waals surface area contributed by atoms with Crippen molar-refractivity contribution in [1.82, 2.24) is 0 Å². The molecule has 2 atom stereocenters. The Labute approximate surface area is 538 Å². The van der Waals surface area contributed by atoms with Crippen LogP contribution in [0.15, 0.2) is 207 Å². The van der Waals surface area contributed by atoms with E-state index in [0.717, 1.165) is 148 Å². The molecule has 0 amide bonds. The maximum atomic E-state index is 12.9. The molecule has 0 bridgehead atoms. The van der Waals surface area contributed by atoms with Gasteiger partial charge in [0.15, 0.2) is 6.10 Å². The van der Waals surface area contributed by atoms with Gasteiger partial charge < -0.3 is 27.9 Å². The lowest BCUT2D eigenvalue weighted by Crippen LogP contribution is -2.37. The van der Waals surface area contributed by atoms with Gasteiger partial charge in [-0.2, -0.15) is 0 Å². The number of esters is 2. The number of phosphoric ester groups is 1. The van der Waals surface area contributed by atoms with Gasteiger partial charge in [0.05, 0.1) is 27.7 Å². The van der Waals surface area contributed by atoms with Crippen LogP contribution in [0.5, 0.6) is 0 Å². The zero-order valence-electron chi connectivity index (χ0n) is 55.8. The molecule has 0 rings (SSSR count). The zero-order valence-corrected chi connectivity index (χ0v) is 56.7. The first-order valence-corrected chi connectivity index (χ1v) is 35.3. The van der Waals surface area contributed by atoms with E-state index in [0.29, 0.717) is 23.9 Å². The summed E-state index contributed by atoms with van der Waals surface area (Å²) in [7, 11) is 1.10. The molecule has 9 nitrogen and oxygen atoms in total. The summed E-state index contributed by atoms with van der Waals surface area (Å²) >= 11 is 0. The summed E-state index contributed by atoms with van der Waals surface area (Å²) in [5.74, 6) is -0.909. The predicted octanol–water partition coefficient (Wildman–Crippen LogP) is 21.6. The molecule has 0 aliphatic carbocycles. The van der Waals surface area contributed by atoms with Gasteiger partial charge in [-0.25, -0.2) is 0 Å². The second kappa shape index (κ2) is 66.0. The predicted molar refractivity (Wildman–Crippen MR) is 378 cm³/mol. The largest absolute Gasteiger partial charge is 0.756 e. The quantitative estimate of drug-likeness (QED) is 0.0195. The molecule has 0 aliphatic heterocycles. The van der Waals surface area contributed by atoms with Gasteiger partial charge in [0, 0.05) is 12.8 Å². The number of hydrogen-bond donors (Lipinski definition) is 0. The summed E-state index contributed by atoms with van der Waals surface area (Å²) in [5.41, 5.74) is 0. The minimum atomic E-state index is -4.67. The average molecular weight is 1230 g/mol. The fourth-order valence-corrected chi connectivity index (χ4v) is 8.92. The van der Waals surface area contributed by atoms with Crippen molar-refractivity contribution >= 4 is 19.8 Å². The molecule has 0 aromatic carbocycles. The highest BCUT2D eigenvalue weighted by Gasteiger charge is 2.22. The molecule has 0 aromatic heterocycles.